The Morgan fingerprint density at radius 3 is 2.67 bits per heavy atom. The van der Waals surface area contributed by atoms with Crippen molar-refractivity contribution in [2.24, 2.45) is 0 Å². The Hall–Kier alpha value is -1.51. The number of carbonyl (C=O) groups is 1. The second kappa shape index (κ2) is 5.42. The maximum atomic E-state index is 12.6. The number of benzene rings is 1. The summed E-state index contributed by atoms with van der Waals surface area (Å²) in [5.74, 6) is 0.173. The minimum Gasteiger partial charge on any atom is -0.377 e. The van der Waals surface area contributed by atoms with E-state index >= 15 is 0 Å². The molecule has 1 saturated heterocycles. The van der Waals surface area contributed by atoms with Crippen LogP contribution in [0.25, 0.3) is 0 Å². The molecule has 0 spiro atoms. The van der Waals surface area contributed by atoms with Gasteiger partial charge in [-0.3, -0.25) is 4.79 Å². The van der Waals surface area contributed by atoms with Crippen LogP contribution < -0.4 is 4.90 Å². The molecule has 2 rings (SSSR count). The summed E-state index contributed by atoms with van der Waals surface area (Å²) in [6.07, 6.45) is 3.48. The number of hydrogen-bond acceptors (Lipinski definition) is 2. The van der Waals surface area contributed by atoms with Crippen LogP contribution in [-0.4, -0.2) is 37.5 Å². The first kappa shape index (κ1) is 12.9. The lowest BCUT2D eigenvalue weighted by Gasteiger charge is -2.34. The molecule has 1 unspecified atom stereocenters. The van der Waals surface area contributed by atoms with Crippen LogP contribution in [-0.2, 0) is 0 Å². The number of amides is 1. The lowest BCUT2D eigenvalue weighted by Crippen LogP contribution is -2.42. The van der Waals surface area contributed by atoms with E-state index in [2.05, 4.69) is 6.92 Å². The number of piperidine rings is 1. The van der Waals surface area contributed by atoms with Crippen molar-refractivity contribution in [2.45, 2.75) is 32.2 Å². The van der Waals surface area contributed by atoms with Crippen LogP contribution >= 0.6 is 0 Å². The molecule has 0 saturated carbocycles. The molecule has 0 N–H and O–H groups in total. The van der Waals surface area contributed by atoms with Gasteiger partial charge in [-0.25, -0.2) is 0 Å². The fourth-order valence-electron chi connectivity index (χ4n) is 2.60. The van der Waals surface area contributed by atoms with E-state index < -0.39 is 0 Å². The normalized spacial score (nSPS) is 19.7. The van der Waals surface area contributed by atoms with Crippen molar-refractivity contribution in [1.29, 1.82) is 0 Å². The first-order valence-corrected chi connectivity index (χ1v) is 6.68. The van der Waals surface area contributed by atoms with Gasteiger partial charge in [0.15, 0.2) is 0 Å². The molecule has 0 bridgehead atoms. The fourth-order valence-corrected chi connectivity index (χ4v) is 2.60. The molecule has 1 aliphatic heterocycles. The van der Waals surface area contributed by atoms with E-state index in [1.165, 1.54) is 6.42 Å². The topological polar surface area (TPSA) is 23.6 Å². The van der Waals surface area contributed by atoms with Gasteiger partial charge in [0, 0.05) is 32.4 Å². The predicted octanol–water partition coefficient (Wildman–Crippen LogP) is 2.77. The Morgan fingerprint density at radius 2 is 2.00 bits per heavy atom. The minimum atomic E-state index is 0.173. The van der Waals surface area contributed by atoms with E-state index in [0.29, 0.717) is 6.04 Å². The van der Waals surface area contributed by atoms with Crippen LogP contribution in [0.3, 0.4) is 0 Å². The Labute approximate surface area is 109 Å². The highest BCUT2D eigenvalue weighted by molar-refractivity contribution is 6.00. The van der Waals surface area contributed by atoms with E-state index in [9.17, 15) is 4.79 Å². The molecule has 1 fully saturated rings. The van der Waals surface area contributed by atoms with Gasteiger partial charge < -0.3 is 9.80 Å². The standard InChI is InChI=1S/C15H22N2O/c1-12-8-6-7-11-17(12)15(18)13-9-4-5-10-14(13)16(2)3/h4-5,9-10,12H,6-8,11H2,1-3H3. The Morgan fingerprint density at radius 1 is 1.28 bits per heavy atom. The van der Waals surface area contributed by atoms with Crippen LogP contribution in [0.1, 0.15) is 36.5 Å². The third-order valence-corrected chi connectivity index (χ3v) is 3.68. The molecule has 1 amide bonds. The summed E-state index contributed by atoms with van der Waals surface area (Å²) in [4.78, 5) is 16.7. The quantitative estimate of drug-likeness (QED) is 0.801. The van der Waals surface area contributed by atoms with Crippen LogP contribution in [0.15, 0.2) is 24.3 Å². The van der Waals surface area contributed by atoms with E-state index in [-0.39, 0.29) is 5.91 Å². The van der Waals surface area contributed by atoms with Crippen molar-refractivity contribution in [3.63, 3.8) is 0 Å². The first-order chi connectivity index (χ1) is 8.61. The summed E-state index contributed by atoms with van der Waals surface area (Å²) in [5.41, 5.74) is 1.82. The largest absolute Gasteiger partial charge is 0.377 e. The molecular formula is C15H22N2O. The van der Waals surface area contributed by atoms with Crippen molar-refractivity contribution in [3.8, 4) is 0 Å². The van der Waals surface area contributed by atoms with Crippen molar-refractivity contribution < 1.29 is 4.79 Å². The van der Waals surface area contributed by atoms with Gasteiger partial charge in [0.1, 0.15) is 0 Å². The van der Waals surface area contributed by atoms with E-state index in [1.54, 1.807) is 0 Å². The molecule has 1 heterocycles. The second-order valence-corrected chi connectivity index (χ2v) is 5.25. The van der Waals surface area contributed by atoms with Crippen molar-refractivity contribution in [2.75, 3.05) is 25.5 Å². The van der Waals surface area contributed by atoms with Crippen LogP contribution in [0.5, 0.6) is 0 Å². The zero-order valence-corrected chi connectivity index (χ0v) is 11.5. The maximum Gasteiger partial charge on any atom is 0.256 e. The van der Waals surface area contributed by atoms with Crippen molar-refractivity contribution >= 4 is 11.6 Å². The van der Waals surface area contributed by atoms with Gasteiger partial charge in [0.05, 0.1) is 5.56 Å². The SMILES string of the molecule is CC1CCCCN1C(=O)c1ccccc1N(C)C. The summed E-state index contributed by atoms with van der Waals surface area (Å²) < 4.78 is 0. The van der Waals surface area contributed by atoms with Gasteiger partial charge in [-0.15, -0.1) is 0 Å². The van der Waals surface area contributed by atoms with Gasteiger partial charge in [-0.2, -0.15) is 0 Å². The van der Waals surface area contributed by atoms with Crippen molar-refractivity contribution in [1.82, 2.24) is 4.90 Å². The number of anilines is 1. The van der Waals surface area contributed by atoms with E-state index in [0.717, 1.165) is 30.6 Å². The first-order valence-electron chi connectivity index (χ1n) is 6.68. The third kappa shape index (κ3) is 2.50. The Bertz CT molecular complexity index is 428. The van der Waals surface area contributed by atoms with Gasteiger partial charge in [0.25, 0.3) is 5.91 Å². The minimum absolute atomic E-state index is 0.173. The van der Waals surface area contributed by atoms with Gasteiger partial charge in [-0.1, -0.05) is 12.1 Å². The monoisotopic (exact) mass is 246 g/mol. The summed E-state index contributed by atoms with van der Waals surface area (Å²) in [6.45, 7) is 3.04. The molecule has 1 aromatic rings. The van der Waals surface area contributed by atoms with Crippen LogP contribution in [0.2, 0.25) is 0 Å². The molecule has 0 aromatic heterocycles. The molecule has 1 aliphatic rings. The average Bonchev–Trinajstić information content (AvgIpc) is 2.38. The third-order valence-electron chi connectivity index (χ3n) is 3.68. The second-order valence-electron chi connectivity index (χ2n) is 5.25. The van der Waals surface area contributed by atoms with Crippen LogP contribution in [0, 0.1) is 0 Å². The van der Waals surface area contributed by atoms with E-state index in [4.69, 9.17) is 0 Å². The maximum absolute atomic E-state index is 12.6. The molecular weight excluding hydrogens is 224 g/mol. The molecule has 0 radical (unpaired) electrons. The smallest absolute Gasteiger partial charge is 0.256 e. The Kier molecular flexibility index (Phi) is 3.90. The Balaban J connectivity index is 2.28. The zero-order chi connectivity index (χ0) is 13.1. The van der Waals surface area contributed by atoms with E-state index in [1.807, 2.05) is 48.2 Å². The number of nitrogens with zero attached hydrogens (tertiary/aromatic N) is 2. The van der Waals surface area contributed by atoms with Gasteiger partial charge in [0.2, 0.25) is 0 Å². The number of hydrogen-bond donors (Lipinski definition) is 0. The lowest BCUT2D eigenvalue weighted by atomic mass is 10.0. The molecule has 3 nitrogen and oxygen atoms in total. The fraction of sp³-hybridized carbons (Fsp3) is 0.533. The average molecular weight is 246 g/mol. The highest BCUT2D eigenvalue weighted by atomic mass is 16.2. The molecule has 98 valence electrons. The summed E-state index contributed by atoms with van der Waals surface area (Å²) >= 11 is 0. The number of rotatable bonds is 2. The predicted molar refractivity (Wildman–Crippen MR) is 75.1 cm³/mol. The summed E-state index contributed by atoms with van der Waals surface area (Å²) in [7, 11) is 3.96. The zero-order valence-electron chi connectivity index (χ0n) is 11.5. The van der Waals surface area contributed by atoms with Crippen molar-refractivity contribution in [3.05, 3.63) is 29.8 Å². The lowest BCUT2D eigenvalue weighted by molar-refractivity contribution is 0.0636. The van der Waals surface area contributed by atoms with Crippen LogP contribution in [0.4, 0.5) is 5.69 Å². The number of carbonyl (C=O) groups excluding carboxylic acids is 1. The van der Waals surface area contributed by atoms with Gasteiger partial charge >= 0.3 is 0 Å². The molecule has 3 heteroatoms. The highest BCUT2D eigenvalue weighted by Crippen LogP contribution is 2.24. The summed E-state index contributed by atoms with van der Waals surface area (Å²) in [5, 5.41) is 0. The molecule has 18 heavy (non-hydrogen) atoms. The number of likely N-dealkylation sites (tertiary alicyclic amines) is 1. The highest BCUT2D eigenvalue weighted by Gasteiger charge is 2.25. The van der Waals surface area contributed by atoms with Gasteiger partial charge in [-0.05, 0) is 38.3 Å². The summed E-state index contributed by atoms with van der Waals surface area (Å²) in [6, 6.07) is 8.21. The molecule has 1 aromatic carbocycles. The molecule has 0 aliphatic carbocycles. The number of para-hydroxylation sites is 1. The molecule has 1 atom stereocenters.